The molecule has 16 heavy (non-hydrogen) atoms. The smallest absolute Gasteiger partial charge is 0.335 e. The molecule has 0 atom stereocenters. The van der Waals surface area contributed by atoms with Gasteiger partial charge in [0.25, 0.3) is 0 Å². The third-order valence-electron chi connectivity index (χ3n) is 2.09. The maximum atomic E-state index is 11.5. The van der Waals surface area contributed by atoms with Crippen molar-refractivity contribution >= 4 is 11.9 Å². The predicted octanol–water partition coefficient (Wildman–Crippen LogP) is 0.826. The third-order valence-corrected chi connectivity index (χ3v) is 2.09. The summed E-state index contributed by atoms with van der Waals surface area (Å²) in [5, 5.41) is 0. The molecule has 0 aromatic rings. The van der Waals surface area contributed by atoms with Gasteiger partial charge in [-0.1, -0.05) is 0 Å². The van der Waals surface area contributed by atoms with Crippen LogP contribution in [0.1, 0.15) is 13.3 Å². The van der Waals surface area contributed by atoms with Crippen LogP contribution < -0.4 is 0 Å². The molecule has 0 aromatic heterocycles. The number of esters is 2. The Morgan fingerprint density at radius 1 is 1.31 bits per heavy atom. The molecule has 0 radical (unpaired) electrons. The average Bonchev–Trinajstić information content (AvgIpc) is 2.27. The topological polar surface area (TPSA) is 55.8 Å². The first-order valence-electron chi connectivity index (χ1n) is 4.97. The van der Waals surface area contributed by atoms with Crippen LogP contribution in [0, 0.1) is 0 Å². The zero-order valence-corrected chi connectivity index (χ0v) is 9.65. The van der Waals surface area contributed by atoms with E-state index in [-0.39, 0.29) is 6.42 Å². The number of rotatable bonds is 3. The molecular weight excluding hydrogens is 210 g/mol. The van der Waals surface area contributed by atoms with Crippen LogP contribution >= 0.6 is 0 Å². The Morgan fingerprint density at radius 2 is 1.88 bits per heavy atom. The first-order chi connectivity index (χ1) is 7.58. The number of nitrogens with zero attached hydrogens (tertiary/aromatic N) is 1. The minimum atomic E-state index is -0.429. The molecule has 0 aromatic carbocycles. The Balaban J connectivity index is 2.78. The molecule has 0 bridgehead atoms. The van der Waals surface area contributed by atoms with E-state index in [1.165, 1.54) is 7.11 Å². The van der Waals surface area contributed by atoms with Gasteiger partial charge in [0.05, 0.1) is 24.9 Å². The van der Waals surface area contributed by atoms with Gasteiger partial charge in [0.15, 0.2) is 0 Å². The van der Waals surface area contributed by atoms with Crippen molar-refractivity contribution in [2.24, 2.45) is 0 Å². The van der Waals surface area contributed by atoms with Crippen LogP contribution in [0.25, 0.3) is 0 Å². The summed E-state index contributed by atoms with van der Waals surface area (Å²) in [6.07, 6.45) is 3.52. The van der Waals surface area contributed by atoms with Crippen LogP contribution in [0.3, 0.4) is 0 Å². The quantitative estimate of drug-likeness (QED) is 0.666. The first-order valence-corrected chi connectivity index (χ1v) is 4.97. The molecule has 0 N–H and O–H groups in total. The van der Waals surface area contributed by atoms with E-state index in [0.29, 0.717) is 17.8 Å². The number of hydrogen-bond acceptors (Lipinski definition) is 5. The molecule has 1 rings (SSSR count). The molecular formula is C11H15NO4. The lowest BCUT2D eigenvalue weighted by molar-refractivity contribution is -0.138. The summed E-state index contributed by atoms with van der Waals surface area (Å²) in [4.78, 5) is 24.5. The van der Waals surface area contributed by atoms with Crippen LogP contribution in [0.4, 0.5) is 0 Å². The molecule has 0 fully saturated rings. The van der Waals surface area contributed by atoms with E-state index < -0.39 is 11.9 Å². The molecule has 1 aliphatic rings. The second kappa shape index (κ2) is 5.34. The Kier molecular flexibility index (Phi) is 4.10. The molecule has 0 saturated carbocycles. The molecule has 0 saturated heterocycles. The van der Waals surface area contributed by atoms with Crippen LogP contribution in [-0.4, -0.2) is 37.6 Å². The Hall–Kier alpha value is -1.78. The van der Waals surface area contributed by atoms with Gasteiger partial charge in [-0.3, -0.25) is 0 Å². The highest BCUT2D eigenvalue weighted by Gasteiger charge is 2.22. The number of methoxy groups -OCH3 is 1. The van der Waals surface area contributed by atoms with Gasteiger partial charge < -0.3 is 14.4 Å². The Bertz CT molecular complexity index is 357. The summed E-state index contributed by atoms with van der Waals surface area (Å²) in [7, 11) is 3.05. The van der Waals surface area contributed by atoms with E-state index in [9.17, 15) is 9.59 Å². The van der Waals surface area contributed by atoms with Crippen LogP contribution in [0.15, 0.2) is 23.5 Å². The minimum Gasteiger partial charge on any atom is -0.466 e. The van der Waals surface area contributed by atoms with Crippen LogP contribution in [0.2, 0.25) is 0 Å². The van der Waals surface area contributed by atoms with E-state index >= 15 is 0 Å². The minimum absolute atomic E-state index is 0.246. The zero-order chi connectivity index (χ0) is 12.1. The highest BCUT2D eigenvalue weighted by atomic mass is 16.5. The second-order valence-corrected chi connectivity index (χ2v) is 3.36. The van der Waals surface area contributed by atoms with Gasteiger partial charge in [0.1, 0.15) is 0 Å². The molecule has 0 unspecified atom stereocenters. The highest BCUT2D eigenvalue weighted by Crippen LogP contribution is 2.20. The van der Waals surface area contributed by atoms with Gasteiger partial charge >= 0.3 is 11.9 Å². The zero-order valence-electron chi connectivity index (χ0n) is 9.65. The van der Waals surface area contributed by atoms with Gasteiger partial charge in [-0.2, -0.15) is 0 Å². The summed E-state index contributed by atoms with van der Waals surface area (Å²) >= 11 is 0. The van der Waals surface area contributed by atoms with Crippen molar-refractivity contribution in [3.63, 3.8) is 0 Å². The van der Waals surface area contributed by atoms with Crippen molar-refractivity contribution < 1.29 is 19.1 Å². The summed E-state index contributed by atoms with van der Waals surface area (Å²) in [6.45, 7) is 2.05. The molecule has 1 aliphatic heterocycles. The van der Waals surface area contributed by atoms with Crippen molar-refractivity contribution in [2.45, 2.75) is 13.3 Å². The number of hydrogen-bond donors (Lipinski definition) is 0. The SMILES string of the molecule is CCOC(=O)C1=CN(C)C=C(C(=O)OC)C1. The maximum absolute atomic E-state index is 11.5. The van der Waals surface area contributed by atoms with Crippen molar-refractivity contribution in [3.8, 4) is 0 Å². The first kappa shape index (κ1) is 12.3. The van der Waals surface area contributed by atoms with Gasteiger partial charge in [-0.05, 0) is 6.92 Å². The van der Waals surface area contributed by atoms with E-state index in [1.54, 1.807) is 31.3 Å². The van der Waals surface area contributed by atoms with Crippen LogP contribution in [-0.2, 0) is 19.1 Å². The fourth-order valence-electron chi connectivity index (χ4n) is 1.43. The highest BCUT2D eigenvalue weighted by molar-refractivity contribution is 5.95. The fraction of sp³-hybridized carbons (Fsp3) is 0.455. The van der Waals surface area contributed by atoms with Crippen molar-refractivity contribution in [2.75, 3.05) is 20.8 Å². The Labute approximate surface area is 94.3 Å². The second-order valence-electron chi connectivity index (χ2n) is 3.36. The van der Waals surface area contributed by atoms with Gasteiger partial charge in [0, 0.05) is 25.9 Å². The predicted molar refractivity (Wildman–Crippen MR) is 57.2 cm³/mol. The molecule has 0 amide bonds. The van der Waals surface area contributed by atoms with E-state index in [4.69, 9.17) is 4.74 Å². The maximum Gasteiger partial charge on any atom is 0.335 e. The van der Waals surface area contributed by atoms with Gasteiger partial charge in [-0.25, -0.2) is 9.59 Å². The monoisotopic (exact) mass is 225 g/mol. The third kappa shape index (κ3) is 2.85. The lowest BCUT2D eigenvalue weighted by atomic mass is 10.0. The van der Waals surface area contributed by atoms with Crippen molar-refractivity contribution in [1.29, 1.82) is 0 Å². The summed E-state index contributed by atoms with van der Waals surface area (Å²) in [6, 6.07) is 0. The molecule has 5 heteroatoms. The molecule has 1 heterocycles. The lowest BCUT2D eigenvalue weighted by Crippen LogP contribution is -2.20. The van der Waals surface area contributed by atoms with Crippen LogP contribution in [0.5, 0.6) is 0 Å². The van der Waals surface area contributed by atoms with E-state index in [0.717, 1.165) is 0 Å². The molecule has 0 spiro atoms. The van der Waals surface area contributed by atoms with E-state index in [1.807, 2.05) is 0 Å². The fourth-order valence-corrected chi connectivity index (χ4v) is 1.43. The molecule has 88 valence electrons. The standard InChI is InChI=1S/C11H15NO4/c1-4-16-11(14)9-5-8(10(13)15-3)6-12(2)7-9/h6-7H,4-5H2,1-3H3. The molecule has 5 nitrogen and oxygen atoms in total. The normalized spacial score (nSPS) is 15.1. The lowest BCUT2D eigenvalue weighted by Gasteiger charge is -2.19. The van der Waals surface area contributed by atoms with Crippen molar-refractivity contribution in [1.82, 2.24) is 4.90 Å². The largest absolute Gasteiger partial charge is 0.466 e. The van der Waals surface area contributed by atoms with Gasteiger partial charge in [-0.15, -0.1) is 0 Å². The summed E-state index contributed by atoms with van der Waals surface area (Å²) in [5.74, 6) is -0.828. The summed E-state index contributed by atoms with van der Waals surface area (Å²) in [5.41, 5.74) is 0.891. The van der Waals surface area contributed by atoms with E-state index in [2.05, 4.69) is 4.74 Å². The summed E-state index contributed by atoms with van der Waals surface area (Å²) < 4.78 is 9.49. The number of carbonyl (C=O) groups excluding carboxylic acids is 2. The van der Waals surface area contributed by atoms with Gasteiger partial charge in [0.2, 0.25) is 0 Å². The molecule has 0 aliphatic carbocycles. The van der Waals surface area contributed by atoms with Crippen molar-refractivity contribution in [3.05, 3.63) is 23.5 Å². The number of carbonyl (C=O) groups is 2. The Morgan fingerprint density at radius 3 is 2.38 bits per heavy atom. The average molecular weight is 225 g/mol. The number of ether oxygens (including phenoxy) is 2.